The van der Waals surface area contributed by atoms with Crippen LogP contribution in [0.15, 0.2) is 36.4 Å². The van der Waals surface area contributed by atoms with Crippen molar-refractivity contribution in [3.8, 4) is 5.75 Å². The Morgan fingerprint density at radius 2 is 1.90 bits per heavy atom. The number of phenols is 1. The zero-order valence-electron chi connectivity index (χ0n) is 12.2. The number of rotatable bonds is 4. The van der Waals surface area contributed by atoms with Crippen LogP contribution in [0.1, 0.15) is 18.5 Å². The van der Waals surface area contributed by atoms with Gasteiger partial charge in [0.05, 0.1) is 17.4 Å². The summed E-state index contributed by atoms with van der Waals surface area (Å²) in [5.74, 6) is -0.319. The lowest BCUT2D eigenvalue weighted by atomic mass is 10.1. The lowest BCUT2D eigenvalue weighted by Crippen LogP contribution is -2.14. The first-order chi connectivity index (χ1) is 9.88. The van der Waals surface area contributed by atoms with E-state index in [0.717, 1.165) is 11.4 Å². The zero-order valence-corrected chi connectivity index (χ0v) is 12.9. The first kappa shape index (κ1) is 15.4. The van der Waals surface area contributed by atoms with Crippen LogP contribution >= 0.6 is 11.6 Å². The molecule has 0 aromatic heterocycles. The highest BCUT2D eigenvalue weighted by molar-refractivity contribution is 6.31. The van der Waals surface area contributed by atoms with Gasteiger partial charge in [-0.15, -0.1) is 0 Å². The predicted molar refractivity (Wildman–Crippen MR) is 85.9 cm³/mol. The molecule has 0 aliphatic heterocycles. The van der Waals surface area contributed by atoms with Crippen LogP contribution in [0, 0.1) is 5.82 Å². The number of nitrogens with zero attached hydrogens (tertiary/aromatic N) is 1. The van der Waals surface area contributed by atoms with Crippen molar-refractivity contribution < 1.29 is 9.50 Å². The molecule has 0 radical (unpaired) electrons. The van der Waals surface area contributed by atoms with Crippen LogP contribution in [0.3, 0.4) is 0 Å². The highest BCUT2D eigenvalue weighted by Gasteiger charge is 2.14. The highest BCUT2D eigenvalue weighted by atomic mass is 35.5. The van der Waals surface area contributed by atoms with E-state index >= 15 is 0 Å². The van der Waals surface area contributed by atoms with Crippen molar-refractivity contribution in [2.75, 3.05) is 24.3 Å². The van der Waals surface area contributed by atoms with E-state index in [2.05, 4.69) is 5.32 Å². The van der Waals surface area contributed by atoms with Crippen LogP contribution in [-0.4, -0.2) is 19.2 Å². The maximum absolute atomic E-state index is 13.3. The van der Waals surface area contributed by atoms with Gasteiger partial charge in [0, 0.05) is 24.7 Å². The monoisotopic (exact) mass is 308 g/mol. The Hall–Kier alpha value is -1.94. The van der Waals surface area contributed by atoms with Gasteiger partial charge in [-0.1, -0.05) is 11.6 Å². The molecule has 0 amide bonds. The SMILES string of the molecule is CC(Nc1cc(Cl)ccc1N(C)C)c1cc(F)ccc1O. The molecular weight excluding hydrogens is 291 g/mol. The van der Waals surface area contributed by atoms with Crippen LogP contribution in [0.4, 0.5) is 15.8 Å². The van der Waals surface area contributed by atoms with E-state index in [-0.39, 0.29) is 17.6 Å². The standard InChI is InChI=1S/C16H18ClFN2O/c1-10(13-9-12(18)5-7-16(13)21)19-14-8-11(17)4-6-15(14)20(2)3/h4-10,19,21H,1-3H3. The summed E-state index contributed by atoms with van der Waals surface area (Å²) >= 11 is 6.04. The first-order valence-corrected chi connectivity index (χ1v) is 6.98. The van der Waals surface area contributed by atoms with Gasteiger partial charge in [0.25, 0.3) is 0 Å². The molecule has 3 nitrogen and oxygen atoms in total. The lowest BCUT2D eigenvalue weighted by molar-refractivity contribution is 0.462. The molecule has 0 aliphatic rings. The third-order valence-corrected chi connectivity index (χ3v) is 3.50. The maximum Gasteiger partial charge on any atom is 0.123 e. The third kappa shape index (κ3) is 3.58. The fraction of sp³-hybridized carbons (Fsp3) is 0.250. The molecule has 2 rings (SSSR count). The fourth-order valence-electron chi connectivity index (χ4n) is 2.20. The number of phenolic OH excluding ortho intramolecular Hbond substituents is 1. The molecule has 2 aromatic carbocycles. The summed E-state index contributed by atoms with van der Waals surface area (Å²) < 4.78 is 13.3. The number of anilines is 2. The highest BCUT2D eigenvalue weighted by Crippen LogP contribution is 2.33. The van der Waals surface area contributed by atoms with Crippen LogP contribution in [-0.2, 0) is 0 Å². The van der Waals surface area contributed by atoms with Crippen LogP contribution in [0.2, 0.25) is 5.02 Å². The summed E-state index contributed by atoms with van der Waals surface area (Å²) in [4.78, 5) is 1.96. The molecule has 0 saturated carbocycles. The van der Waals surface area contributed by atoms with E-state index in [0.29, 0.717) is 10.6 Å². The third-order valence-electron chi connectivity index (χ3n) is 3.27. The van der Waals surface area contributed by atoms with Gasteiger partial charge >= 0.3 is 0 Å². The van der Waals surface area contributed by atoms with E-state index in [1.807, 2.05) is 44.1 Å². The molecule has 1 atom stereocenters. The van der Waals surface area contributed by atoms with Gasteiger partial charge in [-0.3, -0.25) is 0 Å². The van der Waals surface area contributed by atoms with Crippen LogP contribution in [0.25, 0.3) is 0 Å². The van der Waals surface area contributed by atoms with Crippen molar-refractivity contribution in [1.82, 2.24) is 0 Å². The van der Waals surface area contributed by atoms with Crippen molar-refractivity contribution in [2.24, 2.45) is 0 Å². The van der Waals surface area contributed by atoms with E-state index in [1.165, 1.54) is 18.2 Å². The Labute approximate surface area is 129 Å². The van der Waals surface area contributed by atoms with Gasteiger partial charge in [0.2, 0.25) is 0 Å². The Balaban J connectivity index is 2.33. The van der Waals surface area contributed by atoms with Crippen molar-refractivity contribution in [3.63, 3.8) is 0 Å². The van der Waals surface area contributed by atoms with Gasteiger partial charge in [-0.2, -0.15) is 0 Å². The number of aromatic hydroxyl groups is 1. The number of hydrogen-bond donors (Lipinski definition) is 2. The van der Waals surface area contributed by atoms with Crippen molar-refractivity contribution >= 4 is 23.0 Å². The van der Waals surface area contributed by atoms with Gasteiger partial charge in [-0.25, -0.2) is 4.39 Å². The van der Waals surface area contributed by atoms with E-state index in [1.54, 1.807) is 0 Å². The number of halogens is 2. The van der Waals surface area contributed by atoms with E-state index in [9.17, 15) is 9.50 Å². The molecule has 21 heavy (non-hydrogen) atoms. The number of nitrogens with one attached hydrogen (secondary N) is 1. The Kier molecular flexibility index (Phi) is 4.58. The second kappa shape index (κ2) is 6.22. The maximum atomic E-state index is 13.3. The molecular formula is C16H18ClFN2O. The summed E-state index contributed by atoms with van der Waals surface area (Å²) in [6.07, 6.45) is 0. The van der Waals surface area contributed by atoms with Crippen molar-refractivity contribution in [2.45, 2.75) is 13.0 Å². The number of hydrogen-bond acceptors (Lipinski definition) is 3. The summed E-state index contributed by atoms with van der Waals surface area (Å²) in [7, 11) is 3.86. The minimum absolute atomic E-state index is 0.0600. The van der Waals surface area contributed by atoms with Gasteiger partial charge < -0.3 is 15.3 Å². The quantitative estimate of drug-likeness (QED) is 0.877. The Morgan fingerprint density at radius 1 is 1.19 bits per heavy atom. The molecule has 2 aromatic rings. The second-order valence-electron chi connectivity index (χ2n) is 5.13. The minimum Gasteiger partial charge on any atom is -0.508 e. The van der Waals surface area contributed by atoms with Crippen LogP contribution < -0.4 is 10.2 Å². The van der Waals surface area contributed by atoms with Crippen molar-refractivity contribution in [3.05, 3.63) is 52.8 Å². The summed E-state index contributed by atoms with van der Waals surface area (Å²) in [5, 5.41) is 13.7. The molecule has 0 fully saturated rings. The summed E-state index contributed by atoms with van der Waals surface area (Å²) in [5.41, 5.74) is 2.28. The van der Waals surface area contributed by atoms with E-state index in [4.69, 9.17) is 11.6 Å². The largest absolute Gasteiger partial charge is 0.508 e. The molecule has 0 aliphatic carbocycles. The van der Waals surface area contributed by atoms with Crippen molar-refractivity contribution in [1.29, 1.82) is 0 Å². The zero-order chi connectivity index (χ0) is 15.6. The second-order valence-corrected chi connectivity index (χ2v) is 5.56. The lowest BCUT2D eigenvalue weighted by Gasteiger charge is -2.23. The normalized spacial score (nSPS) is 12.0. The topological polar surface area (TPSA) is 35.5 Å². The van der Waals surface area contributed by atoms with Crippen LogP contribution in [0.5, 0.6) is 5.75 Å². The molecule has 0 saturated heterocycles. The smallest absolute Gasteiger partial charge is 0.123 e. The Morgan fingerprint density at radius 3 is 2.57 bits per heavy atom. The molecule has 2 N–H and O–H groups in total. The molecule has 0 spiro atoms. The van der Waals surface area contributed by atoms with Gasteiger partial charge in [-0.05, 0) is 43.3 Å². The average Bonchev–Trinajstić information content (AvgIpc) is 2.41. The number of benzene rings is 2. The molecule has 112 valence electrons. The Bertz CT molecular complexity index is 646. The molecule has 1 unspecified atom stereocenters. The first-order valence-electron chi connectivity index (χ1n) is 6.60. The average molecular weight is 309 g/mol. The summed E-state index contributed by atoms with van der Waals surface area (Å²) in [6, 6.07) is 9.17. The predicted octanol–water partition coefficient (Wildman–Crippen LogP) is 4.42. The molecule has 0 bridgehead atoms. The van der Waals surface area contributed by atoms with E-state index < -0.39 is 0 Å². The fourth-order valence-corrected chi connectivity index (χ4v) is 2.37. The molecule has 0 heterocycles. The molecule has 5 heteroatoms. The van der Waals surface area contributed by atoms with Gasteiger partial charge in [0.15, 0.2) is 0 Å². The minimum atomic E-state index is -0.379. The summed E-state index contributed by atoms with van der Waals surface area (Å²) in [6.45, 7) is 1.86. The van der Waals surface area contributed by atoms with Gasteiger partial charge in [0.1, 0.15) is 11.6 Å².